The molecule has 174 valence electrons. The van der Waals surface area contributed by atoms with Crippen molar-refractivity contribution in [3.63, 3.8) is 0 Å². The lowest BCUT2D eigenvalue weighted by Crippen LogP contribution is -2.39. The first kappa shape index (κ1) is 27.2. The SMILES string of the molecule is CCNC(=NCC(=O)NCc1ccc(OC)cc1)NCCc1cccc(C(=O)NC)c1.I. The van der Waals surface area contributed by atoms with Crippen LogP contribution in [0.1, 0.15) is 28.4 Å². The van der Waals surface area contributed by atoms with Crippen LogP contribution in [0.3, 0.4) is 0 Å². The number of carbonyl (C=O) groups is 2. The molecule has 0 saturated heterocycles. The Bertz CT molecular complexity index is 887. The Balaban J connectivity index is 0.00000512. The highest BCUT2D eigenvalue weighted by Gasteiger charge is 2.05. The van der Waals surface area contributed by atoms with E-state index < -0.39 is 0 Å². The van der Waals surface area contributed by atoms with Crippen molar-refractivity contribution in [2.45, 2.75) is 19.9 Å². The van der Waals surface area contributed by atoms with Crippen molar-refractivity contribution >= 4 is 41.8 Å². The lowest BCUT2D eigenvalue weighted by Gasteiger charge is -2.12. The van der Waals surface area contributed by atoms with Gasteiger partial charge in [0.1, 0.15) is 12.3 Å². The van der Waals surface area contributed by atoms with Crippen LogP contribution in [-0.2, 0) is 17.8 Å². The maximum atomic E-state index is 12.1. The summed E-state index contributed by atoms with van der Waals surface area (Å²) in [5.74, 6) is 1.09. The molecule has 2 aromatic rings. The maximum absolute atomic E-state index is 12.1. The molecule has 4 N–H and O–H groups in total. The maximum Gasteiger partial charge on any atom is 0.251 e. The second kappa shape index (κ2) is 15.1. The molecule has 0 aromatic heterocycles. The van der Waals surface area contributed by atoms with Gasteiger partial charge < -0.3 is 26.0 Å². The highest BCUT2D eigenvalue weighted by molar-refractivity contribution is 14.0. The van der Waals surface area contributed by atoms with Gasteiger partial charge in [-0.25, -0.2) is 4.99 Å². The number of carbonyl (C=O) groups excluding carboxylic acids is 2. The molecule has 0 saturated carbocycles. The highest BCUT2D eigenvalue weighted by atomic mass is 127. The number of rotatable bonds is 10. The van der Waals surface area contributed by atoms with Gasteiger partial charge in [0.15, 0.2) is 5.96 Å². The zero-order valence-electron chi connectivity index (χ0n) is 18.7. The molecule has 0 unspecified atom stereocenters. The van der Waals surface area contributed by atoms with Crippen LogP contribution in [0.15, 0.2) is 53.5 Å². The molecular formula is C23H32IN5O3. The van der Waals surface area contributed by atoms with E-state index in [1.165, 1.54) is 0 Å². The molecule has 0 bridgehead atoms. The summed E-state index contributed by atoms with van der Waals surface area (Å²) in [6.45, 7) is 3.73. The molecule has 0 radical (unpaired) electrons. The van der Waals surface area contributed by atoms with Crippen molar-refractivity contribution in [1.29, 1.82) is 0 Å². The van der Waals surface area contributed by atoms with Gasteiger partial charge in [0.25, 0.3) is 5.91 Å². The molecule has 0 aliphatic carbocycles. The molecule has 0 spiro atoms. The highest BCUT2D eigenvalue weighted by Crippen LogP contribution is 2.10. The first-order valence-corrected chi connectivity index (χ1v) is 10.3. The minimum atomic E-state index is -0.161. The molecule has 0 atom stereocenters. The molecule has 0 fully saturated rings. The summed E-state index contributed by atoms with van der Waals surface area (Å²) in [6.07, 6.45) is 0.721. The minimum Gasteiger partial charge on any atom is -0.497 e. The summed E-state index contributed by atoms with van der Waals surface area (Å²) in [7, 11) is 3.23. The van der Waals surface area contributed by atoms with Crippen LogP contribution < -0.4 is 26.0 Å². The van der Waals surface area contributed by atoms with E-state index in [9.17, 15) is 9.59 Å². The van der Waals surface area contributed by atoms with Crippen LogP contribution in [0.5, 0.6) is 5.75 Å². The number of benzene rings is 2. The summed E-state index contributed by atoms with van der Waals surface area (Å²) >= 11 is 0. The van der Waals surface area contributed by atoms with E-state index in [1.54, 1.807) is 20.2 Å². The van der Waals surface area contributed by atoms with Gasteiger partial charge >= 0.3 is 0 Å². The van der Waals surface area contributed by atoms with Gasteiger partial charge in [0.2, 0.25) is 5.91 Å². The van der Waals surface area contributed by atoms with Gasteiger partial charge in [-0.2, -0.15) is 0 Å². The summed E-state index contributed by atoms with van der Waals surface area (Å²) in [5.41, 5.74) is 2.66. The number of hydrogen-bond donors (Lipinski definition) is 4. The molecule has 32 heavy (non-hydrogen) atoms. The fourth-order valence-electron chi connectivity index (χ4n) is 2.83. The Morgan fingerprint density at radius 1 is 1.00 bits per heavy atom. The van der Waals surface area contributed by atoms with E-state index in [0.29, 0.717) is 31.2 Å². The molecule has 9 heteroatoms. The number of halogens is 1. The van der Waals surface area contributed by atoms with E-state index >= 15 is 0 Å². The van der Waals surface area contributed by atoms with Crippen LogP contribution in [-0.4, -0.2) is 51.6 Å². The number of amides is 2. The van der Waals surface area contributed by atoms with Gasteiger partial charge in [0.05, 0.1) is 7.11 Å². The largest absolute Gasteiger partial charge is 0.497 e. The molecular weight excluding hydrogens is 521 g/mol. The van der Waals surface area contributed by atoms with Gasteiger partial charge in [0, 0.05) is 32.2 Å². The lowest BCUT2D eigenvalue weighted by atomic mass is 10.1. The number of hydrogen-bond acceptors (Lipinski definition) is 4. The average Bonchev–Trinajstić information content (AvgIpc) is 2.81. The first-order chi connectivity index (χ1) is 15.0. The van der Waals surface area contributed by atoms with E-state index in [0.717, 1.165) is 23.3 Å². The lowest BCUT2D eigenvalue weighted by molar-refractivity contribution is -0.119. The normalized spacial score (nSPS) is 10.5. The van der Waals surface area contributed by atoms with Crippen LogP contribution in [0.4, 0.5) is 0 Å². The van der Waals surface area contributed by atoms with E-state index in [2.05, 4.69) is 26.3 Å². The Morgan fingerprint density at radius 3 is 2.41 bits per heavy atom. The zero-order valence-corrected chi connectivity index (χ0v) is 21.1. The van der Waals surface area contributed by atoms with E-state index in [-0.39, 0.29) is 42.3 Å². The molecule has 2 amide bonds. The molecule has 0 heterocycles. The zero-order chi connectivity index (χ0) is 22.5. The second-order valence-electron chi connectivity index (χ2n) is 6.78. The Hall–Kier alpha value is -2.82. The predicted octanol–water partition coefficient (Wildman–Crippen LogP) is 2.09. The number of ether oxygens (including phenoxy) is 1. The first-order valence-electron chi connectivity index (χ1n) is 10.3. The molecule has 8 nitrogen and oxygen atoms in total. The fourth-order valence-corrected chi connectivity index (χ4v) is 2.83. The van der Waals surface area contributed by atoms with Gasteiger partial charge in [-0.05, 0) is 48.7 Å². The van der Waals surface area contributed by atoms with Gasteiger partial charge in [-0.1, -0.05) is 24.3 Å². The van der Waals surface area contributed by atoms with Crippen molar-refractivity contribution in [1.82, 2.24) is 21.3 Å². The number of guanidine groups is 1. The third-order valence-corrected chi connectivity index (χ3v) is 4.50. The van der Waals surface area contributed by atoms with Crippen molar-refractivity contribution < 1.29 is 14.3 Å². The van der Waals surface area contributed by atoms with E-state index in [4.69, 9.17) is 4.74 Å². The van der Waals surface area contributed by atoms with Crippen molar-refractivity contribution in [2.24, 2.45) is 4.99 Å². The fraction of sp³-hybridized carbons (Fsp3) is 0.348. The summed E-state index contributed by atoms with van der Waals surface area (Å²) in [5, 5.41) is 11.8. The van der Waals surface area contributed by atoms with Crippen LogP contribution in [0.25, 0.3) is 0 Å². The summed E-state index contributed by atoms with van der Waals surface area (Å²) in [4.78, 5) is 28.2. The molecule has 0 aliphatic rings. The summed E-state index contributed by atoms with van der Waals surface area (Å²) < 4.78 is 5.13. The minimum absolute atomic E-state index is 0. The third-order valence-electron chi connectivity index (χ3n) is 4.50. The van der Waals surface area contributed by atoms with E-state index in [1.807, 2.05) is 49.4 Å². The van der Waals surface area contributed by atoms with Gasteiger partial charge in [-0.3, -0.25) is 9.59 Å². The smallest absolute Gasteiger partial charge is 0.251 e. The quantitative estimate of drug-likeness (QED) is 0.205. The Morgan fingerprint density at radius 2 is 1.75 bits per heavy atom. The standard InChI is InChI=1S/C23H31N5O3.HI/c1-4-25-23(26-13-12-17-6-5-7-19(14-17)22(30)24-2)28-16-21(29)27-15-18-8-10-20(31-3)11-9-18;/h5-11,14H,4,12-13,15-16H2,1-3H3,(H,24,30)(H,27,29)(H2,25,26,28);1H. The molecule has 0 aliphatic heterocycles. The van der Waals surface area contributed by atoms with Gasteiger partial charge in [-0.15, -0.1) is 24.0 Å². The number of nitrogens with one attached hydrogen (secondary N) is 4. The van der Waals surface area contributed by atoms with Crippen LogP contribution in [0.2, 0.25) is 0 Å². The number of methoxy groups -OCH3 is 1. The monoisotopic (exact) mass is 553 g/mol. The second-order valence-corrected chi connectivity index (χ2v) is 6.78. The Kier molecular flexibility index (Phi) is 12.8. The van der Waals surface area contributed by atoms with Crippen molar-refractivity contribution in [3.05, 3.63) is 65.2 Å². The topological polar surface area (TPSA) is 104 Å². The molecule has 2 rings (SSSR count). The predicted molar refractivity (Wildman–Crippen MR) is 138 cm³/mol. The Labute approximate surface area is 206 Å². The molecule has 2 aromatic carbocycles. The van der Waals surface area contributed by atoms with Crippen molar-refractivity contribution in [3.8, 4) is 5.75 Å². The number of nitrogens with zero attached hydrogens (tertiary/aromatic N) is 1. The average molecular weight is 553 g/mol. The summed E-state index contributed by atoms with van der Waals surface area (Å²) in [6, 6.07) is 15.0. The van der Waals surface area contributed by atoms with Crippen LogP contribution in [0, 0.1) is 0 Å². The number of aliphatic imine (C=N–C) groups is 1. The third kappa shape index (κ3) is 9.54. The van der Waals surface area contributed by atoms with Crippen LogP contribution >= 0.6 is 24.0 Å². The van der Waals surface area contributed by atoms with Crippen molar-refractivity contribution in [2.75, 3.05) is 33.8 Å².